The van der Waals surface area contributed by atoms with Gasteiger partial charge in [-0.05, 0) is 51.2 Å². The van der Waals surface area contributed by atoms with Gasteiger partial charge < -0.3 is 15.0 Å². The van der Waals surface area contributed by atoms with Crippen molar-refractivity contribution < 1.29 is 4.74 Å². The highest BCUT2D eigenvalue weighted by Gasteiger charge is 2.20. The molecule has 3 heteroatoms. The number of ether oxygens (including phenoxy) is 1. The van der Waals surface area contributed by atoms with Crippen LogP contribution in [0.4, 0.5) is 0 Å². The van der Waals surface area contributed by atoms with E-state index in [4.69, 9.17) is 4.74 Å². The van der Waals surface area contributed by atoms with Crippen LogP contribution in [0, 0.1) is 11.8 Å². The third-order valence-corrected chi connectivity index (χ3v) is 3.51. The smallest absolute Gasteiger partial charge is 0.0670 e. The van der Waals surface area contributed by atoms with E-state index in [0.717, 1.165) is 24.9 Å². The topological polar surface area (TPSA) is 24.5 Å². The average Bonchev–Trinajstić information content (AvgIpc) is 2.29. The maximum atomic E-state index is 5.34. The summed E-state index contributed by atoms with van der Waals surface area (Å²) in [4.78, 5) is 2.55. The number of hydrogen-bond donors (Lipinski definition) is 1. The van der Waals surface area contributed by atoms with Gasteiger partial charge in [-0.25, -0.2) is 0 Å². The van der Waals surface area contributed by atoms with Crippen LogP contribution in [0.2, 0.25) is 0 Å². The van der Waals surface area contributed by atoms with Gasteiger partial charge in [0.15, 0.2) is 0 Å². The van der Waals surface area contributed by atoms with Crippen LogP contribution in [0.25, 0.3) is 0 Å². The van der Waals surface area contributed by atoms with E-state index in [-0.39, 0.29) is 0 Å². The van der Waals surface area contributed by atoms with Crippen LogP contribution >= 0.6 is 0 Å². The molecule has 102 valence electrons. The molecule has 0 aromatic carbocycles. The zero-order valence-electron chi connectivity index (χ0n) is 12.0. The van der Waals surface area contributed by atoms with Crippen molar-refractivity contribution in [2.45, 2.75) is 39.7 Å². The lowest BCUT2D eigenvalue weighted by Gasteiger charge is -2.34. The molecule has 0 aromatic rings. The third kappa shape index (κ3) is 6.39. The van der Waals surface area contributed by atoms with Crippen LogP contribution in [-0.4, -0.2) is 50.8 Å². The minimum absolute atomic E-state index is 0.359. The largest absolute Gasteiger partial charge is 0.380 e. The van der Waals surface area contributed by atoms with Gasteiger partial charge in [0.25, 0.3) is 0 Å². The van der Waals surface area contributed by atoms with Crippen molar-refractivity contribution in [3.63, 3.8) is 0 Å². The van der Waals surface area contributed by atoms with E-state index in [1.807, 2.05) is 0 Å². The minimum atomic E-state index is 0.359. The van der Waals surface area contributed by atoms with E-state index in [1.54, 1.807) is 7.11 Å². The predicted molar refractivity (Wildman–Crippen MR) is 73.3 cm³/mol. The number of nitrogens with one attached hydrogen (secondary N) is 1. The van der Waals surface area contributed by atoms with Crippen molar-refractivity contribution in [2.75, 3.05) is 39.8 Å². The molecule has 2 atom stereocenters. The molecule has 1 fully saturated rings. The van der Waals surface area contributed by atoms with E-state index < -0.39 is 0 Å². The Morgan fingerprint density at radius 3 is 2.76 bits per heavy atom. The van der Waals surface area contributed by atoms with Crippen LogP contribution in [-0.2, 0) is 4.74 Å². The summed E-state index contributed by atoms with van der Waals surface area (Å²) in [6.45, 7) is 12.6. The fourth-order valence-electron chi connectivity index (χ4n) is 2.50. The molecule has 1 aliphatic rings. The van der Waals surface area contributed by atoms with Crippen LogP contribution in [0.15, 0.2) is 0 Å². The molecule has 1 saturated heterocycles. The molecule has 0 bridgehead atoms. The summed E-state index contributed by atoms with van der Waals surface area (Å²) in [7, 11) is 1.80. The first-order valence-electron chi connectivity index (χ1n) is 7.07. The van der Waals surface area contributed by atoms with Crippen molar-refractivity contribution in [3.05, 3.63) is 0 Å². The molecule has 1 aliphatic heterocycles. The Bertz CT molecular complexity index is 197. The summed E-state index contributed by atoms with van der Waals surface area (Å²) >= 11 is 0. The quantitative estimate of drug-likeness (QED) is 0.739. The maximum Gasteiger partial charge on any atom is 0.0670 e. The Labute approximate surface area is 107 Å². The Balaban J connectivity index is 2.19. The van der Waals surface area contributed by atoms with E-state index >= 15 is 0 Å². The van der Waals surface area contributed by atoms with Gasteiger partial charge in [-0.15, -0.1) is 0 Å². The normalized spacial score (nSPS) is 24.2. The molecule has 0 radical (unpaired) electrons. The number of rotatable bonds is 7. The lowest BCUT2D eigenvalue weighted by Crippen LogP contribution is -2.43. The number of piperidine rings is 1. The highest BCUT2D eigenvalue weighted by Crippen LogP contribution is 2.16. The van der Waals surface area contributed by atoms with Crippen molar-refractivity contribution in [1.29, 1.82) is 0 Å². The lowest BCUT2D eigenvalue weighted by atomic mass is 9.97. The second kappa shape index (κ2) is 8.06. The summed E-state index contributed by atoms with van der Waals surface area (Å²) < 4.78 is 5.34. The van der Waals surface area contributed by atoms with Crippen molar-refractivity contribution in [1.82, 2.24) is 10.2 Å². The van der Waals surface area contributed by atoms with Gasteiger partial charge in [-0.1, -0.05) is 13.8 Å². The summed E-state index contributed by atoms with van der Waals surface area (Å²) in [6.07, 6.45) is 3.07. The van der Waals surface area contributed by atoms with E-state index in [0.29, 0.717) is 6.10 Å². The molecule has 17 heavy (non-hydrogen) atoms. The highest BCUT2D eigenvalue weighted by molar-refractivity contribution is 4.76. The predicted octanol–water partition coefficient (Wildman–Crippen LogP) is 1.98. The molecule has 0 amide bonds. The fraction of sp³-hybridized carbons (Fsp3) is 1.00. The highest BCUT2D eigenvalue weighted by atomic mass is 16.5. The lowest BCUT2D eigenvalue weighted by molar-refractivity contribution is 0.0591. The molecule has 0 aliphatic carbocycles. The molecule has 2 unspecified atom stereocenters. The van der Waals surface area contributed by atoms with Gasteiger partial charge >= 0.3 is 0 Å². The third-order valence-electron chi connectivity index (χ3n) is 3.51. The van der Waals surface area contributed by atoms with E-state index in [2.05, 4.69) is 31.0 Å². The fourth-order valence-corrected chi connectivity index (χ4v) is 2.50. The molecule has 0 aromatic heterocycles. The SMILES string of the molecule is COC(C)CN1CCCC(CNCC(C)C)C1. The molecule has 1 rings (SSSR count). The Morgan fingerprint density at radius 1 is 1.35 bits per heavy atom. The van der Waals surface area contributed by atoms with Crippen molar-refractivity contribution in [3.8, 4) is 0 Å². The van der Waals surface area contributed by atoms with Gasteiger partial charge in [0.05, 0.1) is 6.10 Å². The standard InChI is InChI=1S/C14H30N2O/c1-12(2)8-15-9-14-6-5-7-16(11-14)10-13(3)17-4/h12-15H,5-11H2,1-4H3. The zero-order valence-corrected chi connectivity index (χ0v) is 12.0. The Hall–Kier alpha value is -0.120. The molecule has 1 N–H and O–H groups in total. The van der Waals surface area contributed by atoms with Crippen LogP contribution in [0.3, 0.4) is 0 Å². The van der Waals surface area contributed by atoms with Gasteiger partial charge in [-0.3, -0.25) is 0 Å². The van der Waals surface area contributed by atoms with E-state index in [9.17, 15) is 0 Å². The molecule has 1 heterocycles. The van der Waals surface area contributed by atoms with Crippen LogP contribution < -0.4 is 5.32 Å². The minimum Gasteiger partial charge on any atom is -0.380 e. The number of likely N-dealkylation sites (tertiary alicyclic amines) is 1. The van der Waals surface area contributed by atoms with Crippen molar-refractivity contribution in [2.24, 2.45) is 11.8 Å². The summed E-state index contributed by atoms with van der Waals surface area (Å²) in [6, 6.07) is 0. The summed E-state index contributed by atoms with van der Waals surface area (Å²) in [5.41, 5.74) is 0. The molecule has 0 spiro atoms. The molecular formula is C14H30N2O. The second-order valence-corrected chi connectivity index (χ2v) is 5.87. The van der Waals surface area contributed by atoms with Crippen molar-refractivity contribution >= 4 is 0 Å². The average molecular weight is 242 g/mol. The Kier molecular flexibility index (Phi) is 7.09. The van der Waals surface area contributed by atoms with Gasteiger partial charge in [0, 0.05) is 20.2 Å². The van der Waals surface area contributed by atoms with Gasteiger partial charge in [0.2, 0.25) is 0 Å². The molecule has 0 saturated carbocycles. The number of methoxy groups -OCH3 is 1. The van der Waals surface area contributed by atoms with Gasteiger partial charge in [0.1, 0.15) is 0 Å². The zero-order chi connectivity index (χ0) is 12.7. The van der Waals surface area contributed by atoms with Gasteiger partial charge in [-0.2, -0.15) is 0 Å². The molecule has 3 nitrogen and oxygen atoms in total. The Morgan fingerprint density at radius 2 is 2.12 bits per heavy atom. The summed E-state index contributed by atoms with van der Waals surface area (Å²) in [5, 5.41) is 3.58. The monoisotopic (exact) mass is 242 g/mol. The second-order valence-electron chi connectivity index (χ2n) is 5.87. The van der Waals surface area contributed by atoms with E-state index in [1.165, 1.54) is 32.5 Å². The van der Waals surface area contributed by atoms with Crippen LogP contribution in [0.1, 0.15) is 33.6 Å². The number of hydrogen-bond acceptors (Lipinski definition) is 3. The first-order valence-corrected chi connectivity index (χ1v) is 7.07. The maximum absolute atomic E-state index is 5.34. The van der Waals surface area contributed by atoms with Crippen LogP contribution in [0.5, 0.6) is 0 Å². The first-order chi connectivity index (χ1) is 8.11. The number of nitrogens with zero attached hydrogens (tertiary/aromatic N) is 1. The summed E-state index contributed by atoms with van der Waals surface area (Å²) in [5.74, 6) is 1.58. The molecular weight excluding hydrogens is 212 g/mol. The first kappa shape index (κ1) is 14.9.